The van der Waals surface area contributed by atoms with Crippen molar-refractivity contribution < 1.29 is 19.1 Å². The summed E-state index contributed by atoms with van der Waals surface area (Å²) in [5.74, 6) is 0.400. The Bertz CT molecular complexity index is 1530. The molecule has 0 unspecified atom stereocenters. The summed E-state index contributed by atoms with van der Waals surface area (Å²) in [6, 6.07) is 25.3. The van der Waals surface area contributed by atoms with Gasteiger partial charge in [-0.3, -0.25) is 4.90 Å². The van der Waals surface area contributed by atoms with Gasteiger partial charge in [0.25, 0.3) is 0 Å². The van der Waals surface area contributed by atoms with E-state index in [1.54, 1.807) is 0 Å². The van der Waals surface area contributed by atoms with E-state index in [1.807, 2.05) is 112 Å². The Labute approximate surface area is 258 Å². The summed E-state index contributed by atoms with van der Waals surface area (Å²) in [4.78, 5) is 38.3. The monoisotopic (exact) mass is 593 g/mol. The molecule has 1 aromatic heterocycles. The zero-order valence-electron chi connectivity index (χ0n) is 25.5. The van der Waals surface area contributed by atoms with Gasteiger partial charge in [0.15, 0.2) is 0 Å². The van der Waals surface area contributed by atoms with Gasteiger partial charge in [-0.05, 0) is 61.2 Å². The topological polar surface area (TPSA) is 96.9 Å². The third-order valence-electron chi connectivity index (χ3n) is 7.20. The van der Waals surface area contributed by atoms with Gasteiger partial charge in [0, 0.05) is 57.2 Å². The summed E-state index contributed by atoms with van der Waals surface area (Å²) >= 11 is 0. The molecule has 1 aliphatic rings. The number of alkyl carbamates (subject to hydrolysis) is 1. The predicted molar refractivity (Wildman–Crippen MR) is 170 cm³/mol. The molecule has 1 saturated heterocycles. The highest BCUT2D eigenvalue weighted by molar-refractivity contribution is 5.89. The number of nitrogens with zero attached hydrogens (tertiary/aromatic N) is 4. The number of benzene rings is 3. The number of aromatic nitrogens is 2. The van der Waals surface area contributed by atoms with E-state index < -0.39 is 11.7 Å². The minimum absolute atomic E-state index is 0.264. The SMILES string of the molecule is CC(C)(C)OC(=O)NCc1cccc(-c2cnc(N3CCN(Cc4ccc(C(=O)OCc5ccccc5)cc4)CC3)nc2)c1. The minimum Gasteiger partial charge on any atom is -0.457 e. The van der Waals surface area contributed by atoms with E-state index in [0.717, 1.165) is 66.5 Å². The summed E-state index contributed by atoms with van der Waals surface area (Å²) in [5.41, 5.74) is 5.01. The lowest BCUT2D eigenvalue weighted by Gasteiger charge is -2.34. The van der Waals surface area contributed by atoms with Gasteiger partial charge < -0.3 is 19.7 Å². The molecule has 3 aromatic carbocycles. The van der Waals surface area contributed by atoms with Gasteiger partial charge in [-0.25, -0.2) is 19.6 Å². The van der Waals surface area contributed by atoms with E-state index in [1.165, 1.54) is 0 Å². The van der Waals surface area contributed by atoms with Crippen LogP contribution in [0.25, 0.3) is 11.1 Å². The Morgan fingerprint density at radius 2 is 1.48 bits per heavy atom. The van der Waals surface area contributed by atoms with Crippen LogP contribution in [0.2, 0.25) is 0 Å². The number of rotatable bonds is 9. The van der Waals surface area contributed by atoms with E-state index in [9.17, 15) is 9.59 Å². The molecule has 228 valence electrons. The van der Waals surface area contributed by atoms with Crippen LogP contribution in [0.15, 0.2) is 91.3 Å². The second kappa shape index (κ2) is 14.1. The lowest BCUT2D eigenvalue weighted by Crippen LogP contribution is -2.46. The van der Waals surface area contributed by atoms with Crippen LogP contribution >= 0.6 is 0 Å². The zero-order chi connectivity index (χ0) is 30.9. The molecule has 1 amide bonds. The number of hydrogen-bond acceptors (Lipinski definition) is 8. The summed E-state index contributed by atoms with van der Waals surface area (Å²) in [6.45, 7) is 10.4. The molecule has 4 aromatic rings. The summed E-state index contributed by atoms with van der Waals surface area (Å²) in [6.07, 6.45) is 3.26. The fourth-order valence-corrected chi connectivity index (χ4v) is 4.90. The Kier molecular flexibility index (Phi) is 9.86. The van der Waals surface area contributed by atoms with Crippen molar-refractivity contribution >= 4 is 18.0 Å². The molecule has 1 N–H and O–H groups in total. The molecular weight excluding hydrogens is 554 g/mol. The number of anilines is 1. The number of piperazine rings is 1. The summed E-state index contributed by atoms with van der Waals surface area (Å²) in [7, 11) is 0. The van der Waals surface area contributed by atoms with E-state index in [-0.39, 0.29) is 12.6 Å². The molecule has 5 rings (SSSR count). The average molecular weight is 594 g/mol. The lowest BCUT2D eigenvalue weighted by atomic mass is 10.1. The van der Waals surface area contributed by atoms with E-state index in [2.05, 4.69) is 25.1 Å². The Hall–Kier alpha value is -4.76. The van der Waals surface area contributed by atoms with Gasteiger partial charge in [0.1, 0.15) is 12.2 Å². The van der Waals surface area contributed by atoms with Crippen LogP contribution in [0.5, 0.6) is 0 Å². The second-order valence-corrected chi connectivity index (χ2v) is 11.8. The molecule has 2 heterocycles. The summed E-state index contributed by atoms with van der Waals surface area (Å²) < 4.78 is 10.8. The maximum atomic E-state index is 12.4. The number of carbonyl (C=O) groups is 2. The third-order valence-corrected chi connectivity index (χ3v) is 7.20. The first kappa shape index (κ1) is 30.7. The molecule has 9 heteroatoms. The third kappa shape index (κ3) is 8.87. The molecule has 0 saturated carbocycles. The van der Waals surface area contributed by atoms with Crippen molar-refractivity contribution in [3.05, 3.63) is 114 Å². The van der Waals surface area contributed by atoms with Crippen molar-refractivity contribution in [2.45, 2.75) is 46.1 Å². The molecule has 0 atom stereocenters. The van der Waals surface area contributed by atoms with Crippen LogP contribution in [-0.4, -0.2) is 58.7 Å². The van der Waals surface area contributed by atoms with E-state index in [4.69, 9.17) is 9.47 Å². The number of ether oxygens (including phenoxy) is 2. The zero-order valence-corrected chi connectivity index (χ0v) is 25.5. The maximum Gasteiger partial charge on any atom is 0.407 e. The van der Waals surface area contributed by atoms with Gasteiger partial charge in [-0.2, -0.15) is 0 Å². The molecule has 1 aliphatic heterocycles. The van der Waals surface area contributed by atoms with Gasteiger partial charge in [0.05, 0.1) is 5.56 Å². The molecule has 0 bridgehead atoms. The van der Waals surface area contributed by atoms with Crippen LogP contribution in [0, 0.1) is 0 Å². The number of esters is 1. The van der Waals surface area contributed by atoms with Crippen molar-refractivity contribution in [3.8, 4) is 11.1 Å². The highest BCUT2D eigenvalue weighted by Crippen LogP contribution is 2.21. The van der Waals surface area contributed by atoms with Crippen LogP contribution in [0.1, 0.15) is 47.8 Å². The normalized spacial score (nSPS) is 13.8. The van der Waals surface area contributed by atoms with Crippen LogP contribution in [0.3, 0.4) is 0 Å². The average Bonchev–Trinajstić information content (AvgIpc) is 3.03. The summed E-state index contributed by atoms with van der Waals surface area (Å²) in [5, 5.41) is 2.80. The quantitative estimate of drug-likeness (QED) is 0.242. The molecule has 0 aliphatic carbocycles. The maximum absolute atomic E-state index is 12.4. The molecule has 0 radical (unpaired) electrons. The van der Waals surface area contributed by atoms with Crippen LogP contribution in [0.4, 0.5) is 10.7 Å². The van der Waals surface area contributed by atoms with Crippen molar-refractivity contribution in [1.29, 1.82) is 0 Å². The molecule has 1 fully saturated rings. The minimum atomic E-state index is -0.536. The first-order valence-corrected chi connectivity index (χ1v) is 14.9. The number of hydrogen-bond donors (Lipinski definition) is 1. The van der Waals surface area contributed by atoms with Crippen LogP contribution in [-0.2, 0) is 29.2 Å². The molecule has 0 spiro atoms. The largest absolute Gasteiger partial charge is 0.457 e. The van der Waals surface area contributed by atoms with Gasteiger partial charge in [-0.1, -0.05) is 60.7 Å². The molecule has 44 heavy (non-hydrogen) atoms. The van der Waals surface area contributed by atoms with Gasteiger partial charge >= 0.3 is 12.1 Å². The van der Waals surface area contributed by atoms with Gasteiger partial charge in [-0.15, -0.1) is 0 Å². The second-order valence-electron chi connectivity index (χ2n) is 11.8. The van der Waals surface area contributed by atoms with Crippen molar-refractivity contribution in [2.24, 2.45) is 0 Å². The fraction of sp³-hybridized carbons (Fsp3) is 0.314. The highest BCUT2D eigenvalue weighted by Gasteiger charge is 2.20. The number of nitrogens with one attached hydrogen (secondary N) is 1. The van der Waals surface area contributed by atoms with Gasteiger partial charge in [0.2, 0.25) is 5.95 Å². The van der Waals surface area contributed by atoms with E-state index >= 15 is 0 Å². The molecular formula is C35H39N5O4. The number of carbonyl (C=O) groups excluding carboxylic acids is 2. The molecule has 9 nitrogen and oxygen atoms in total. The smallest absolute Gasteiger partial charge is 0.407 e. The van der Waals surface area contributed by atoms with Crippen molar-refractivity contribution in [2.75, 3.05) is 31.1 Å². The van der Waals surface area contributed by atoms with E-state index in [0.29, 0.717) is 12.1 Å². The Morgan fingerprint density at radius 1 is 0.795 bits per heavy atom. The fourth-order valence-electron chi connectivity index (χ4n) is 4.90. The standard InChI is InChI=1S/C35H39N5O4/c1-35(2,3)44-34(42)38-21-28-10-7-11-30(20-28)31-22-36-33(37-23-31)40-18-16-39(17-19-40)24-26-12-14-29(15-13-26)32(41)43-25-27-8-5-4-6-9-27/h4-15,20,22-23H,16-19,21,24-25H2,1-3H3,(H,38,42). The van der Waals surface area contributed by atoms with Crippen LogP contribution < -0.4 is 10.2 Å². The predicted octanol–water partition coefficient (Wildman–Crippen LogP) is 5.85. The van der Waals surface area contributed by atoms with Crippen molar-refractivity contribution in [1.82, 2.24) is 20.2 Å². The lowest BCUT2D eigenvalue weighted by molar-refractivity contribution is 0.0471. The Balaban J connectivity index is 1.08. The first-order valence-electron chi connectivity index (χ1n) is 14.9. The van der Waals surface area contributed by atoms with Crippen molar-refractivity contribution in [3.63, 3.8) is 0 Å². The number of amides is 1. The highest BCUT2D eigenvalue weighted by atomic mass is 16.6. The Morgan fingerprint density at radius 3 is 2.16 bits per heavy atom. The first-order chi connectivity index (χ1) is 21.2.